The number of rotatable bonds is 10. The smallest absolute Gasteiger partial charge is 0.303 e. The lowest BCUT2D eigenvalue weighted by Gasteiger charge is -2.11. The monoisotopic (exact) mass is 349 g/mol. The van der Waals surface area contributed by atoms with Gasteiger partial charge in [0.05, 0.1) is 5.02 Å². The maximum atomic E-state index is 10.5. The summed E-state index contributed by atoms with van der Waals surface area (Å²) in [5, 5.41) is 13.4. The van der Waals surface area contributed by atoms with E-state index in [1.54, 1.807) is 17.8 Å². The van der Waals surface area contributed by atoms with Crippen LogP contribution >= 0.6 is 35.0 Å². The summed E-state index contributed by atoms with van der Waals surface area (Å²) in [5.74, 6) is 0.636. The van der Waals surface area contributed by atoms with Crippen LogP contribution in [0.15, 0.2) is 23.1 Å². The van der Waals surface area contributed by atoms with Crippen LogP contribution in [0.1, 0.15) is 26.2 Å². The quantitative estimate of drug-likeness (QED) is 0.480. The Morgan fingerprint density at radius 2 is 2.10 bits per heavy atom. The van der Waals surface area contributed by atoms with Crippen LogP contribution in [0.4, 0.5) is 0 Å². The minimum Gasteiger partial charge on any atom is -0.481 e. The van der Waals surface area contributed by atoms with Crippen LogP contribution in [0.2, 0.25) is 10.0 Å². The molecule has 1 atom stereocenters. The molecule has 0 aliphatic rings. The van der Waals surface area contributed by atoms with Gasteiger partial charge < -0.3 is 10.4 Å². The Hall–Kier alpha value is -0.420. The fraction of sp³-hybridized carbons (Fsp3) is 0.533. The first-order chi connectivity index (χ1) is 9.99. The zero-order chi connectivity index (χ0) is 15.7. The fourth-order valence-electron chi connectivity index (χ4n) is 1.81. The Morgan fingerprint density at radius 1 is 1.33 bits per heavy atom. The average molecular weight is 350 g/mol. The van der Waals surface area contributed by atoms with Crippen molar-refractivity contribution >= 4 is 40.9 Å². The van der Waals surface area contributed by atoms with Gasteiger partial charge in [-0.3, -0.25) is 4.79 Å². The molecule has 0 aromatic heterocycles. The first-order valence-electron chi connectivity index (χ1n) is 6.99. The predicted molar refractivity (Wildman–Crippen MR) is 90.7 cm³/mol. The number of halogens is 2. The molecule has 0 aliphatic carbocycles. The molecule has 1 aromatic carbocycles. The van der Waals surface area contributed by atoms with Gasteiger partial charge in [0.1, 0.15) is 0 Å². The highest BCUT2D eigenvalue weighted by atomic mass is 35.5. The Morgan fingerprint density at radius 3 is 2.81 bits per heavy atom. The third-order valence-corrected chi connectivity index (χ3v) is 4.83. The highest BCUT2D eigenvalue weighted by molar-refractivity contribution is 7.99. The van der Waals surface area contributed by atoms with Gasteiger partial charge in [0, 0.05) is 28.6 Å². The molecule has 0 heterocycles. The van der Waals surface area contributed by atoms with Crippen molar-refractivity contribution in [2.75, 3.05) is 18.8 Å². The summed E-state index contributed by atoms with van der Waals surface area (Å²) in [6.45, 7) is 3.88. The van der Waals surface area contributed by atoms with Crippen LogP contribution in [-0.4, -0.2) is 29.9 Å². The number of benzene rings is 1. The van der Waals surface area contributed by atoms with Crippen molar-refractivity contribution in [2.45, 2.75) is 31.1 Å². The van der Waals surface area contributed by atoms with Crippen LogP contribution in [0, 0.1) is 5.92 Å². The molecule has 3 nitrogen and oxygen atoms in total. The van der Waals surface area contributed by atoms with E-state index in [0.717, 1.165) is 41.6 Å². The van der Waals surface area contributed by atoms with Crippen molar-refractivity contribution < 1.29 is 9.90 Å². The largest absolute Gasteiger partial charge is 0.481 e. The van der Waals surface area contributed by atoms with E-state index >= 15 is 0 Å². The van der Waals surface area contributed by atoms with Crippen molar-refractivity contribution in [3.05, 3.63) is 28.2 Å². The standard InChI is InChI=1S/C15H21Cl2NO2S/c1-11(2-5-15(19)20)6-7-18-8-9-21-14-10-12(16)3-4-13(14)17/h3-4,10-11,18H,2,5-9H2,1H3,(H,19,20). The lowest BCUT2D eigenvalue weighted by molar-refractivity contribution is -0.137. The number of carboxylic acids is 1. The molecular formula is C15H21Cl2NO2S. The SMILES string of the molecule is CC(CCNCCSc1cc(Cl)ccc1Cl)CCC(=O)O. The Bertz CT molecular complexity index is 457. The molecule has 1 aromatic rings. The van der Waals surface area contributed by atoms with E-state index in [4.69, 9.17) is 28.3 Å². The van der Waals surface area contributed by atoms with Crippen molar-refractivity contribution in [3.63, 3.8) is 0 Å². The van der Waals surface area contributed by atoms with E-state index in [1.165, 1.54) is 0 Å². The number of carbonyl (C=O) groups is 1. The van der Waals surface area contributed by atoms with Gasteiger partial charge in [0.2, 0.25) is 0 Å². The zero-order valence-corrected chi connectivity index (χ0v) is 14.4. The van der Waals surface area contributed by atoms with E-state index < -0.39 is 5.97 Å². The van der Waals surface area contributed by atoms with E-state index in [2.05, 4.69) is 12.2 Å². The Balaban J connectivity index is 2.09. The topological polar surface area (TPSA) is 49.3 Å². The molecule has 2 N–H and O–H groups in total. The molecule has 0 fully saturated rings. The van der Waals surface area contributed by atoms with Crippen LogP contribution in [0.5, 0.6) is 0 Å². The van der Waals surface area contributed by atoms with Gasteiger partial charge in [-0.15, -0.1) is 11.8 Å². The maximum Gasteiger partial charge on any atom is 0.303 e. The fourth-order valence-corrected chi connectivity index (χ4v) is 3.21. The minimum atomic E-state index is -0.718. The van der Waals surface area contributed by atoms with Crippen LogP contribution in [0.25, 0.3) is 0 Å². The highest BCUT2D eigenvalue weighted by Gasteiger charge is 2.05. The molecule has 0 saturated carbocycles. The average Bonchev–Trinajstić information content (AvgIpc) is 2.44. The summed E-state index contributed by atoms with van der Waals surface area (Å²) in [6, 6.07) is 5.47. The van der Waals surface area contributed by atoms with Crippen molar-refractivity contribution in [3.8, 4) is 0 Å². The van der Waals surface area contributed by atoms with Gasteiger partial charge in [-0.25, -0.2) is 0 Å². The number of aliphatic carboxylic acids is 1. The number of hydrogen-bond donors (Lipinski definition) is 2. The summed E-state index contributed by atoms with van der Waals surface area (Å²) in [6.07, 6.45) is 1.99. The van der Waals surface area contributed by atoms with Crippen molar-refractivity contribution in [1.82, 2.24) is 5.32 Å². The summed E-state index contributed by atoms with van der Waals surface area (Å²) >= 11 is 13.7. The second kappa shape index (κ2) is 10.3. The van der Waals surface area contributed by atoms with Gasteiger partial charge >= 0.3 is 5.97 Å². The van der Waals surface area contributed by atoms with Gasteiger partial charge in [-0.2, -0.15) is 0 Å². The normalized spacial score (nSPS) is 12.3. The van der Waals surface area contributed by atoms with Crippen LogP contribution in [-0.2, 0) is 4.79 Å². The summed E-state index contributed by atoms with van der Waals surface area (Å²) in [7, 11) is 0. The molecule has 0 spiro atoms. The number of carboxylic acid groups (broad SMARTS) is 1. The maximum absolute atomic E-state index is 10.5. The lowest BCUT2D eigenvalue weighted by atomic mass is 10.0. The molecule has 0 amide bonds. The molecule has 21 heavy (non-hydrogen) atoms. The number of hydrogen-bond acceptors (Lipinski definition) is 3. The molecule has 0 aliphatic heterocycles. The molecule has 0 saturated heterocycles. The van der Waals surface area contributed by atoms with E-state index in [1.807, 2.05) is 12.1 Å². The van der Waals surface area contributed by atoms with E-state index in [0.29, 0.717) is 10.9 Å². The molecule has 1 unspecified atom stereocenters. The minimum absolute atomic E-state index is 0.254. The van der Waals surface area contributed by atoms with Crippen molar-refractivity contribution in [2.24, 2.45) is 5.92 Å². The van der Waals surface area contributed by atoms with Gasteiger partial charge in [0.15, 0.2) is 0 Å². The van der Waals surface area contributed by atoms with Gasteiger partial charge in [0.25, 0.3) is 0 Å². The second-order valence-corrected chi connectivity index (χ2v) is 6.98. The molecule has 0 radical (unpaired) electrons. The molecular weight excluding hydrogens is 329 g/mol. The van der Waals surface area contributed by atoms with Crippen molar-refractivity contribution in [1.29, 1.82) is 0 Å². The molecule has 118 valence electrons. The van der Waals surface area contributed by atoms with E-state index in [-0.39, 0.29) is 6.42 Å². The Labute approximate surface area is 140 Å². The first-order valence-corrected chi connectivity index (χ1v) is 8.73. The van der Waals surface area contributed by atoms with Crippen LogP contribution < -0.4 is 5.32 Å². The summed E-state index contributed by atoms with van der Waals surface area (Å²) < 4.78 is 0. The van der Waals surface area contributed by atoms with Crippen LogP contribution in [0.3, 0.4) is 0 Å². The number of nitrogens with one attached hydrogen (secondary N) is 1. The van der Waals surface area contributed by atoms with Gasteiger partial charge in [-0.05, 0) is 43.5 Å². The van der Waals surface area contributed by atoms with Gasteiger partial charge in [-0.1, -0.05) is 30.1 Å². The zero-order valence-electron chi connectivity index (χ0n) is 12.1. The van der Waals surface area contributed by atoms with E-state index in [9.17, 15) is 4.79 Å². The molecule has 6 heteroatoms. The third-order valence-electron chi connectivity index (χ3n) is 3.09. The summed E-state index contributed by atoms with van der Waals surface area (Å²) in [5.41, 5.74) is 0. The first kappa shape index (κ1) is 18.6. The molecule has 0 bridgehead atoms. The predicted octanol–water partition coefficient (Wildman–Crippen LogP) is 4.57. The summed E-state index contributed by atoms with van der Waals surface area (Å²) in [4.78, 5) is 11.5. The highest BCUT2D eigenvalue weighted by Crippen LogP contribution is 2.29. The Kier molecular flexibility index (Phi) is 9.16. The lowest BCUT2D eigenvalue weighted by Crippen LogP contribution is -2.20. The third kappa shape index (κ3) is 8.57. The number of thioether (sulfide) groups is 1. The second-order valence-electron chi connectivity index (χ2n) is 5.00. The molecule has 1 rings (SSSR count).